The van der Waals surface area contributed by atoms with E-state index in [2.05, 4.69) is 10.3 Å². The molecule has 3 rings (SSSR count). The number of methoxy groups -OCH3 is 1. The summed E-state index contributed by atoms with van der Waals surface area (Å²) in [4.78, 5) is 28.3. The van der Waals surface area contributed by atoms with Gasteiger partial charge in [0, 0.05) is 12.7 Å². The molecule has 1 aliphatic rings. The highest BCUT2D eigenvalue weighted by Crippen LogP contribution is 2.38. The summed E-state index contributed by atoms with van der Waals surface area (Å²) in [6.45, 7) is 8.11. The standard InChI is InChI=1S/C24H29BN2O6/c1-23(2)24(3,4)33-25(32-23)19(13-20-12-11-18(14-26-20)21(28)30-5)15-27-22(29)31-16-17-9-7-6-8-10-17/h6-14H,15-16H2,1-5H3,(H,27,29). The van der Waals surface area contributed by atoms with Crippen molar-refractivity contribution < 1.29 is 28.4 Å². The summed E-state index contributed by atoms with van der Waals surface area (Å²) >= 11 is 0. The Morgan fingerprint density at radius 2 is 1.73 bits per heavy atom. The van der Waals surface area contributed by atoms with Gasteiger partial charge >= 0.3 is 19.2 Å². The predicted octanol–water partition coefficient (Wildman–Crippen LogP) is 3.81. The molecule has 2 aromatic rings. The lowest BCUT2D eigenvalue weighted by atomic mass is 9.77. The first kappa shape index (κ1) is 24.5. The van der Waals surface area contributed by atoms with E-state index in [-0.39, 0.29) is 13.2 Å². The molecular weight excluding hydrogens is 423 g/mol. The third-order valence-electron chi connectivity index (χ3n) is 5.75. The van der Waals surface area contributed by atoms with E-state index in [1.54, 1.807) is 18.2 Å². The molecule has 1 aromatic heterocycles. The molecule has 0 atom stereocenters. The van der Waals surface area contributed by atoms with Crippen LogP contribution in [0.4, 0.5) is 4.79 Å². The van der Waals surface area contributed by atoms with Crippen LogP contribution >= 0.6 is 0 Å². The molecule has 0 aliphatic carbocycles. The third-order valence-corrected chi connectivity index (χ3v) is 5.75. The van der Waals surface area contributed by atoms with Crippen molar-refractivity contribution in [2.24, 2.45) is 0 Å². The Kier molecular flexibility index (Phi) is 7.55. The molecule has 174 valence electrons. The van der Waals surface area contributed by atoms with Crippen LogP contribution in [0.2, 0.25) is 0 Å². The van der Waals surface area contributed by atoms with Crippen LogP contribution in [0, 0.1) is 0 Å². The zero-order chi connectivity index (χ0) is 24.1. The molecule has 2 heterocycles. The molecule has 1 saturated heterocycles. The first-order valence-electron chi connectivity index (χ1n) is 10.7. The van der Waals surface area contributed by atoms with Gasteiger partial charge in [-0.1, -0.05) is 30.3 Å². The van der Waals surface area contributed by atoms with E-state index in [0.29, 0.717) is 16.7 Å². The zero-order valence-electron chi connectivity index (χ0n) is 19.6. The number of pyridine rings is 1. The quantitative estimate of drug-likeness (QED) is 0.504. The fourth-order valence-electron chi connectivity index (χ4n) is 3.06. The molecule has 33 heavy (non-hydrogen) atoms. The fourth-order valence-corrected chi connectivity index (χ4v) is 3.06. The van der Waals surface area contributed by atoms with Crippen molar-refractivity contribution in [2.75, 3.05) is 13.7 Å². The maximum absolute atomic E-state index is 12.3. The number of amides is 1. The molecule has 0 bridgehead atoms. The average molecular weight is 452 g/mol. The van der Waals surface area contributed by atoms with Gasteiger partial charge in [-0.15, -0.1) is 0 Å². The highest BCUT2D eigenvalue weighted by molar-refractivity contribution is 6.56. The fraction of sp³-hybridized carbons (Fsp3) is 0.375. The van der Waals surface area contributed by atoms with Gasteiger partial charge in [-0.2, -0.15) is 0 Å². The summed E-state index contributed by atoms with van der Waals surface area (Å²) in [5, 5.41) is 2.75. The van der Waals surface area contributed by atoms with Crippen molar-refractivity contribution >= 4 is 25.3 Å². The third kappa shape index (κ3) is 6.21. The van der Waals surface area contributed by atoms with Gasteiger partial charge in [-0.25, -0.2) is 9.59 Å². The molecule has 1 aliphatic heterocycles. The molecule has 0 spiro atoms. The van der Waals surface area contributed by atoms with Crippen LogP contribution in [-0.4, -0.2) is 49.0 Å². The van der Waals surface area contributed by atoms with Crippen LogP contribution in [0.5, 0.6) is 0 Å². The molecule has 0 radical (unpaired) electrons. The summed E-state index contributed by atoms with van der Waals surface area (Å²) in [6, 6.07) is 12.7. The molecule has 1 fully saturated rings. The second-order valence-corrected chi connectivity index (χ2v) is 8.69. The number of nitrogens with one attached hydrogen (secondary N) is 1. The van der Waals surface area contributed by atoms with Gasteiger partial charge in [0.15, 0.2) is 0 Å². The summed E-state index contributed by atoms with van der Waals surface area (Å²) in [6.07, 6.45) is 2.64. The summed E-state index contributed by atoms with van der Waals surface area (Å²) in [7, 11) is 0.626. The SMILES string of the molecule is COC(=O)c1ccc(C=C(CNC(=O)OCc2ccccc2)B2OC(C)(C)C(C)(C)O2)nc1. The van der Waals surface area contributed by atoms with Crippen LogP contribution in [0.15, 0.2) is 54.1 Å². The van der Waals surface area contributed by atoms with Gasteiger partial charge in [0.1, 0.15) is 6.61 Å². The summed E-state index contributed by atoms with van der Waals surface area (Å²) < 4.78 is 22.3. The van der Waals surface area contributed by atoms with E-state index in [4.69, 9.17) is 18.8 Å². The number of carbonyl (C=O) groups is 2. The summed E-state index contributed by atoms with van der Waals surface area (Å²) in [5.74, 6) is -0.466. The number of esters is 1. The maximum atomic E-state index is 12.3. The Balaban J connectivity index is 1.73. The van der Waals surface area contributed by atoms with E-state index in [9.17, 15) is 9.59 Å². The number of ether oxygens (including phenoxy) is 2. The van der Waals surface area contributed by atoms with E-state index in [1.165, 1.54) is 13.3 Å². The largest absolute Gasteiger partial charge is 0.492 e. The van der Waals surface area contributed by atoms with E-state index < -0.39 is 30.4 Å². The Labute approximate surface area is 194 Å². The number of alkyl carbamates (subject to hydrolysis) is 1. The number of hydrogen-bond donors (Lipinski definition) is 1. The van der Waals surface area contributed by atoms with Crippen LogP contribution in [0.3, 0.4) is 0 Å². The van der Waals surface area contributed by atoms with Crippen molar-refractivity contribution in [3.8, 4) is 0 Å². The highest BCUT2D eigenvalue weighted by atomic mass is 16.7. The zero-order valence-corrected chi connectivity index (χ0v) is 19.6. The van der Waals surface area contributed by atoms with E-state index in [0.717, 1.165) is 5.56 Å². The molecule has 0 saturated carbocycles. The monoisotopic (exact) mass is 452 g/mol. The summed E-state index contributed by atoms with van der Waals surface area (Å²) in [5.41, 5.74) is 1.37. The molecule has 1 amide bonds. The van der Waals surface area contributed by atoms with Crippen molar-refractivity contribution in [1.29, 1.82) is 0 Å². The minimum absolute atomic E-state index is 0.130. The lowest BCUT2D eigenvalue weighted by molar-refractivity contribution is 0.00578. The Morgan fingerprint density at radius 1 is 1.06 bits per heavy atom. The van der Waals surface area contributed by atoms with Gasteiger partial charge in [-0.3, -0.25) is 4.98 Å². The van der Waals surface area contributed by atoms with Gasteiger partial charge in [0.2, 0.25) is 0 Å². The Bertz CT molecular complexity index is 989. The molecular formula is C24H29BN2O6. The normalized spacial score (nSPS) is 16.9. The average Bonchev–Trinajstić information content (AvgIpc) is 3.02. The minimum Gasteiger partial charge on any atom is -0.465 e. The van der Waals surface area contributed by atoms with Gasteiger partial charge in [-0.05, 0) is 56.9 Å². The second-order valence-electron chi connectivity index (χ2n) is 8.69. The Morgan fingerprint density at radius 3 is 2.30 bits per heavy atom. The molecule has 1 N–H and O–H groups in total. The smallest absolute Gasteiger partial charge is 0.465 e. The lowest BCUT2D eigenvalue weighted by Crippen LogP contribution is -2.41. The van der Waals surface area contributed by atoms with Crippen molar-refractivity contribution in [2.45, 2.75) is 45.5 Å². The minimum atomic E-state index is -0.688. The van der Waals surface area contributed by atoms with Crippen LogP contribution < -0.4 is 5.32 Å². The number of benzene rings is 1. The predicted molar refractivity (Wildman–Crippen MR) is 124 cm³/mol. The molecule has 9 heteroatoms. The maximum Gasteiger partial charge on any atom is 0.492 e. The molecule has 0 unspecified atom stereocenters. The number of rotatable bonds is 7. The van der Waals surface area contributed by atoms with E-state index in [1.807, 2.05) is 58.0 Å². The van der Waals surface area contributed by atoms with E-state index >= 15 is 0 Å². The van der Waals surface area contributed by atoms with Gasteiger partial charge in [0.05, 0.1) is 29.6 Å². The van der Waals surface area contributed by atoms with Crippen LogP contribution in [-0.2, 0) is 25.4 Å². The number of nitrogens with zero attached hydrogens (tertiary/aromatic N) is 1. The lowest BCUT2D eigenvalue weighted by Gasteiger charge is -2.32. The van der Waals surface area contributed by atoms with Gasteiger partial charge in [0.25, 0.3) is 0 Å². The number of carbonyl (C=O) groups excluding carboxylic acids is 2. The van der Waals surface area contributed by atoms with Crippen LogP contribution in [0.25, 0.3) is 6.08 Å². The first-order chi connectivity index (χ1) is 15.6. The first-order valence-corrected chi connectivity index (χ1v) is 10.7. The second kappa shape index (κ2) is 10.2. The van der Waals surface area contributed by atoms with Crippen LogP contribution in [0.1, 0.15) is 49.3 Å². The molecule has 1 aromatic carbocycles. The molecule has 8 nitrogen and oxygen atoms in total. The van der Waals surface area contributed by atoms with Crippen molar-refractivity contribution in [1.82, 2.24) is 10.3 Å². The van der Waals surface area contributed by atoms with Gasteiger partial charge < -0.3 is 24.1 Å². The topological polar surface area (TPSA) is 96.0 Å². The number of hydrogen-bond acceptors (Lipinski definition) is 7. The van der Waals surface area contributed by atoms with Crippen molar-refractivity contribution in [3.05, 3.63) is 71.0 Å². The van der Waals surface area contributed by atoms with Crippen molar-refractivity contribution in [3.63, 3.8) is 0 Å². The highest BCUT2D eigenvalue weighted by Gasteiger charge is 2.52. The number of aromatic nitrogens is 1. The Hall–Kier alpha value is -3.17.